The van der Waals surface area contributed by atoms with Gasteiger partial charge in [-0.3, -0.25) is 0 Å². The van der Waals surface area contributed by atoms with Gasteiger partial charge in [0.05, 0.1) is 4.90 Å². The first-order valence-electron chi connectivity index (χ1n) is 31.8. The number of rotatable bonds is 18. The molecule has 0 spiro atoms. The number of alkyl halides is 4. The van der Waals surface area contributed by atoms with Crippen LogP contribution >= 0.6 is 94.1 Å². The second-order valence-electron chi connectivity index (χ2n) is 26.1. The van der Waals surface area contributed by atoms with Crippen molar-refractivity contribution in [3.8, 4) is 0 Å². The van der Waals surface area contributed by atoms with E-state index in [2.05, 4.69) is 150 Å². The molecule has 0 radical (unpaired) electrons. The van der Waals surface area contributed by atoms with Gasteiger partial charge in [-0.2, -0.15) is 0 Å². The predicted octanol–water partition coefficient (Wildman–Crippen LogP) is 25.6. The predicted molar refractivity (Wildman–Crippen MR) is 417 cm³/mol. The maximum atomic E-state index is 12.6. The third-order valence-corrected chi connectivity index (χ3v) is 31.8. The van der Waals surface area contributed by atoms with Crippen LogP contribution in [0.1, 0.15) is 169 Å². The molecule has 9 nitrogen and oxygen atoms in total. The molecule has 1 N–H and O–H groups in total. The molecule has 108 heavy (non-hydrogen) atoms. The first-order chi connectivity index (χ1) is 48.3. The van der Waals surface area contributed by atoms with E-state index < -0.39 is 119 Å². The number of benzene rings is 8. The van der Waals surface area contributed by atoms with Crippen molar-refractivity contribution in [1.29, 1.82) is 0 Å². The second kappa shape index (κ2) is 34.8. The number of hydrogen-bond acceptors (Lipinski definition) is 9. The molecule has 0 saturated carbocycles. The van der Waals surface area contributed by atoms with Crippen molar-refractivity contribution < 1.29 is 128 Å². The zero-order valence-corrected chi connectivity index (χ0v) is 73.5. The van der Waals surface area contributed by atoms with Crippen LogP contribution in [0, 0.1) is 38.6 Å². The first kappa shape index (κ1) is 97.9. The van der Waals surface area contributed by atoms with Gasteiger partial charge in [0, 0.05) is 3.57 Å². The quantitative estimate of drug-likeness (QED) is 0.0384. The van der Waals surface area contributed by atoms with E-state index >= 15 is 0 Å². The Hall–Kier alpha value is -4.28. The van der Waals surface area contributed by atoms with Crippen molar-refractivity contribution in [2.45, 2.75) is 170 Å². The minimum atomic E-state index is -9.83. The molecule has 0 bridgehead atoms. The van der Waals surface area contributed by atoms with Crippen LogP contribution in [0.15, 0.2) is 200 Å². The molecule has 0 heterocycles. The van der Waals surface area contributed by atoms with Crippen molar-refractivity contribution >= 4 is 120 Å². The average Bonchev–Trinajstić information content (AvgIpc) is 0.741. The van der Waals surface area contributed by atoms with Gasteiger partial charge in [0.15, 0.2) is 0 Å². The molecule has 0 saturated heterocycles. The van der Waals surface area contributed by atoms with Crippen molar-refractivity contribution in [3.63, 3.8) is 0 Å². The smallest absolute Gasteiger partial charge is 0.0936 e. The van der Waals surface area contributed by atoms with E-state index in [0.717, 1.165) is 28.2 Å². The van der Waals surface area contributed by atoms with Crippen LogP contribution in [0.3, 0.4) is 0 Å². The van der Waals surface area contributed by atoms with E-state index in [1.165, 1.54) is 67.8 Å². The minimum Gasteiger partial charge on any atom is -0.0936 e. The Morgan fingerprint density at radius 2 is 0.731 bits per heavy atom. The fraction of sp³-hybridized carbons (Fsp3) is 0.319. The van der Waals surface area contributed by atoms with Crippen LogP contribution in [0.5, 0.6) is 0 Å². The van der Waals surface area contributed by atoms with E-state index in [-0.39, 0.29) is 62.4 Å². The largest absolute Gasteiger partial charge is 0.310 e. The van der Waals surface area contributed by atoms with Crippen LogP contribution in [-0.4, -0.2) is 41.9 Å². The number of hydrogen-bond donors (Lipinski definition) is 1. The Kier molecular flexibility index (Phi) is 31.6. The fourth-order valence-corrected chi connectivity index (χ4v) is 21.6. The third kappa shape index (κ3) is 33.0. The van der Waals surface area contributed by atoms with Crippen molar-refractivity contribution in [1.82, 2.24) is 0 Å². The van der Waals surface area contributed by atoms with Gasteiger partial charge in [0.1, 0.15) is 15.0 Å². The van der Waals surface area contributed by atoms with E-state index in [1.54, 1.807) is 56.3 Å². The molecule has 0 aliphatic carbocycles. The van der Waals surface area contributed by atoms with E-state index in [9.17, 15) is 101 Å². The zero-order valence-electron chi connectivity index (χ0n) is 60.8. The van der Waals surface area contributed by atoms with Crippen molar-refractivity contribution in [3.05, 3.63) is 244 Å². The second-order valence-corrected chi connectivity index (χ2v) is 48.1. The Balaban J connectivity index is 0.000000343. The third-order valence-electron chi connectivity index (χ3n) is 14.7. The minimum absolute atomic E-state index is 0.0618. The van der Waals surface area contributed by atoms with Crippen LogP contribution in [0.2, 0.25) is 0 Å². The topological polar surface area (TPSA) is 147 Å². The number of carbonyl (C=O) groups is 1. The van der Waals surface area contributed by atoms with Gasteiger partial charge in [0.25, 0.3) is 0 Å². The van der Waals surface area contributed by atoms with Gasteiger partial charge in [-0.05, 0) is 100 Å². The average molecular weight is 2100 g/mol. The normalized spacial score (nSPS) is 14.4. The van der Waals surface area contributed by atoms with Crippen LogP contribution in [-0.2, 0) is 30.6 Å². The molecule has 0 aromatic heterocycles. The summed E-state index contributed by atoms with van der Waals surface area (Å²) in [6, 6.07) is 37.9. The van der Waals surface area contributed by atoms with Gasteiger partial charge >= 0.3 is 433 Å². The molecule has 0 aliphatic heterocycles. The fourth-order valence-electron chi connectivity index (χ4n) is 8.50. The molecular weight excluding hydrogens is 2020 g/mol. The van der Waals surface area contributed by atoms with Gasteiger partial charge in [0.2, 0.25) is 0 Å². The Morgan fingerprint density at radius 1 is 0.444 bits per heavy atom. The number of carbonyl (C=O) groups excluding carboxylic acids is 1. The van der Waals surface area contributed by atoms with Crippen LogP contribution in [0.25, 0.3) is 0 Å². The summed E-state index contributed by atoms with van der Waals surface area (Å²) < 4.78 is 299. The van der Waals surface area contributed by atoms with Gasteiger partial charge in [-0.15, -0.1) is 0 Å². The first-order valence-corrected chi connectivity index (χ1v) is 50.8. The molecule has 0 aliphatic rings. The maximum absolute atomic E-state index is 12.6. The molecule has 0 amide bonds. The summed E-state index contributed by atoms with van der Waals surface area (Å²) in [6.45, 7) is 33.3. The molecular formula is C72H84F18I4O9S5-2. The molecule has 36 heteroatoms. The SMILES string of the molecule is CC(C)c1cc(C(C)C)cc(C(C)C)c1.CI(OC(=O)C(F)(F)F)c1ccc(S(F)(F)(F)(F)F)cc1.Cc1ccc(S(=O)(=O)OI(O)c2ccc(S(F)(F)(F)(F)F)cc2)cc1.Cc1ccc(S(=O)(=O)[O-])cc1.Cc1ccc([I-]c2c(C(C)C)cc(C(C)C)cc2C(C)C)cc1.FS(F)(F)(F)(F)c1ccc(I)cc1. The summed E-state index contributed by atoms with van der Waals surface area (Å²) in [4.78, 5) is 5.13. The molecule has 612 valence electrons. The molecule has 8 aromatic carbocycles. The Bertz CT molecular complexity index is 4500. The van der Waals surface area contributed by atoms with Gasteiger partial charge in [-0.25, -0.2) is 8.42 Å². The van der Waals surface area contributed by atoms with Gasteiger partial charge < -0.3 is 4.55 Å². The zero-order chi connectivity index (χ0) is 83.5. The monoisotopic (exact) mass is 2100 g/mol. The van der Waals surface area contributed by atoms with E-state index in [4.69, 9.17) is 0 Å². The molecule has 0 unspecified atom stereocenters. The van der Waals surface area contributed by atoms with Crippen LogP contribution in [0.4, 0.5) is 71.5 Å². The summed E-state index contributed by atoms with van der Waals surface area (Å²) in [5.74, 6) is 1.19. The summed E-state index contributed by atoms with van der Waals surface area (Å²) >= 11 is -5.45. The standard InChI is InChI=1S/C22H30I.C15H24.C13H12F5IO4S2.C9H7F8IO2S.C7H8O3S.C6H4F5IS/c1-14(2)18-12-20(15(3)4)22(21(13-18)16(5)6)23-19-10-8-17(7)9-11-19;1-10(2)13-7-14(11(3)4)9-15(8-13)12(5)6;1-10-2-6-12(7-3-10)24(21,22)23-19(20)11-4-8-13(9-5-11)25(14,15,16,17)18;1-18(20-8(19)9(10,11)12)6-2-4-7(5-3-6)21(13,14,15,16)17;1-6-2-4-7(5-3-6)11(8,9)10;7-13(8,9,10,11)6-3-1-5(12)2-4-6/h8-16H,1-7H3;7-12H,1-6H3;2-9,20H,1H3;2-5H,1H3;2-5H,1H3,(H,8,9,10);1-4H/q-1;;;;;/p-1. The number of halogens is 22. The molecule has 8 rings (SSSR count). The van der Waals surface area contributed by atoms with Crippen LogP contribution < -0.4 is 21.2 Å². The van der Waals surface area contributed by atoms with E-state index in [0.29, 0.717) is 75.5 Å². The van der Waals surface area contributed by atoms with Crippen molar-refractivity contribution in [2.24, 2.45) is 0 Å². The summed E-state index contributed by atoms with van der Waals surface area (Å²) in [5, 5.41) is 0. The summed E-state index contributed by atoms with van der Waals surface area (Å²) in [6.07, 6.45) is -5.23. The Morgan fingerprint density at radius 3 is 1.02 bits per heavy atom. The Labute approximate surface area is 660 Å². The maximum Gasteiger partial charge on any atom is 0.310 e. The molecule has 8 aromatic rings. The number of aryl methyl sites for hydroxylation is 3. The van der Waals surface area contributed by atoms with Gasteiger partial charge in [-0.1, -0.05) is 96.9 Å². The van der Waals surface area contributed by atoms with E-state index in [1.807, 2.05) is 6.92 Å². The molecule has 0 atom stereocenters. The summed E-state index contributed by atoms with van der Waals surface area (Å²) in [5.41, 5.74) is 12.1. The summed E-state index contributed by atoms with van der Waals surface area (Å²) in [7, 11) is -37.7. The van der Waals surface area contributed by atoms with Crippen molar-refractivity contribution in [2.75, 3.05) is 4.93 Å². The molecule has 0 fully saturated rings.